The zero-order valence-electron chi connectivity index (χ0n) is 14.8. The fraction of sp³-hybridized carbons (Fsp3) is 0.529. The molecule has 3 rings (SSSR count). The lowest BCUT2D eigenvalue weighted by atomic mass is 10.2. The maximum Gasteiger partial charge on any atom is 0.244 e. The van der Waals surface area contributed by atoms with Crippen molar-refractivity contribution in [3.63, 3.8) is 0 Å². The average Bonchev–Trinajstić information content (AvgIpc) is 3.08. The van der Waals surface area contributed by atoms with Crippen LogP contribution in [-0.4, -0.2) is 53.9 Å². The Kier molecular flexibility index (Phi) is 6.29. The molecule has 2 aromatic rings. The second-order valence-corrected chi connectivity index (χ2v) is 8.63. The molecule has 2 heterocycles. The van der Waals surface area contributed by atoms with Crippen molar-refractivity contribution in [2.24, 2.45) is 0 Å². The molecule has 0 spiro atoms. The highest BCUT2D eigenvalue weighted by molar-refractivity contribution is 7.89. The largest absolute Gasteiger partial charge is 0.339 e. The Morgan fingerprint density at radius 3 is 2.62 bits per heavy atom. The number of hydrogen-bond donors (Lipinski definition) is 0. The molecule has 0 atom stereocenters. The number of hydrogen-bond acceptors (Lipinski definition) is 6. The van der Waals surface area contributed by atoms with Crippen LogP contribution in [0.15, 0.2) is 33.7 Å². The quantitative estimate of drug-likeness (QED) is 0.713. The molecular formula is C17H23ClN4O3S. The van der Waals surface area contributed by atoms with Crippen molar-refractivity contribution >= 4 is 21.6 Å². The maximum absolute atomic E-state index is 12.8. The van der Waals surface area contributed by atoms with Crippen LogP contribution in [0.4, 0.5) is 0 Å². The van der Waals surface area contributed by atoms with E-state index in [0.717, 1.165) is 19.3 Å². The van der Waals surface area contributed by atoms with Crippen LogP contribution >= 0.6 is 11.6 Å². The minimum Gasteiger partial charge on any atom is -0.339 e. The van der Waals surface area contributed by atoms with Gasteiger partial charge in [0.1, 0.15) is 4.90 Å². The standard InChI is InChI=1S/C17H23ClN4O3S/c1-2-3-8-17-19-16(20-25-17)13-21-9-11-22(12-10-21)26(23,24)15-7-5-4-6-14(15)18/h4-7H,2-3,8-13H2,1H3. The van der Waals surface area contributed by atoms with Crippen molar-refractivity contribution in [3.8, 4) is 0 Å². The van der Waals surface area contributed by atoms with E-state index in [4.69, 9.17) is 16.1 Å². The van der Waals surface area contributed by atoms with E-state index in [-0.39, 0.29) is 9.92 Å². The highest BCUT2D eigenvalue weighted by Gasteiger charge is 2.30. The summed E-state index contributed by atoms with van der Waals surface area (Å²) in [7, 11) is -3.57. The van der Waals surface area contributed by atoms with Gasteiger partial charge in [0.25, 0.3) is 0 Å². The molecule has 0 saturated carbocycles. The number of piperazine rings is 1. The van der Waals surface area contributed by atoms with E-state index in [1.807, 2.05) is 0 Å². The molecule has 0 unspecified atom stereocenters. The molecule has 0 amide bonds. The fourth-order valence-electron chi connectivity index (χ4n) is 2.90. The number of aryl methyl sites for hydroxylation is 1. The summed E-state index contributed by atoms with van der Waals surface area (Å²) in [5.41, 5.74) is 0. The lowest BCUT2D eigenvalue weighted by molar-refractivity contribution is 0.176. The van der Waals surface area contributed by atoms with Crippen molar-refractivity contribution < 1.29 is 12.9 Å². The summed E-state index contributed by atoms with van der Waals surface area (Å²) in [5, 5.41) is 4.26. The first-order valence-electron chi connectivity index (χ1n) is 8.79. The van der Waals surface area contributed by atoms with Crippen LogP contribution < -0.4 is 0 Å². The monoisotopic (exact) mass is 398 g/mol. The van der Waals surface area contributed by atoms with Crippen molar-refractivity contribution in [2.75, 3.05) is 26.2 Å². The molecule has 26 heavy (non-hydrogen) atoms. The van der Waals surface area contributed by atoms with E-state index in [1.54, 1.807) is 24.3 Å². The third kappa shape index (κ3) is 4.43. The second-order valence-electron chi connectivity index (χ2n) is 6.32. The van der Waals surface area contributed by atoms with Gasteiger partial charge in [0.15, 0.2) is 5.82 Å². The van der Waals surface area contributed by atoms with Crippen molar-refractivity contribution in [1.29, 1.82) is 0 Å². The SMILES string of the molecule is CCCCc1nc(CN2CCN(S(=O)(=O)c3ccccc3Cl)CC2)no1. The van der Waals surface area contributed by atoms with Gasteiger partial charge >= 0.3 is 0 Å². The number of benzene rings is 1. The molecular weight excluding hydrogens is 376 g/mol. The fourth-order valence-corrected chi connectivity index (χ4v) is 4.82. The van der Waals surface area contributed by atoms with Gasteiger partial charge in [-0.05, 0) is 18.6 Å². The maximum atomic E-state index is 12.8. The highest BCUT2D eigenvalue weighted by Crippen LogP contribution is 2.25. The van der Waals surface area contributed by atoms with Crippen LogP contribution in [-0.2, 0) is 23.0 Å². The molecule has 1 aliphatic rings. The van der Waals surface area contributed by atoms with Crippen LogP contribution in [0, 0.1) is 0 Å². The van der Waals surface area contributed by atoms with Gasteiger partial charge in [0, 0.05) is 32.6 Å². The van der Waals surface area contributed by atoms with Crippen LogP contribution in [0.2, 0.25) is 5.02 Å². The van der Waals surface area contributed by atoms with E-state index in [0.29, 0.717) is 44.4 Å². The van der Waals surface area contributed by atoms with Crippen LogP contribution in [0.25, 0.3) is 0 Å². The Morgan fingerprint density at radius 1 is 1.19 bits per heavy atom. The molecule has 7 nitrogen and oxygen atoms in total. The lowest BCUT2D eigenvalue weighted by Gasteiger charge is -2.33. The third-order valence-corrected chi connectivity index (χ3v) is 6.80. The highest BCUT2D eigenvalue weighted by atomic mass is 35.5. The molecule has 0 N–H and O–H groups in total. The van der Waals surface area contributed by atoms with E-state index < -0.39 is 10.0 Å². The number of halogens is 1. The molecule has 0 aliphatic carbocycles. The molecule has 0 bridgehead atoms. The average molecular weight is 399 g/mol. The van der Waals surface area contributed by atoms with Crippen molar-refractivity contribution in [3.05, 3.63) is 41.0 Å². The lowest BCUT2D eigenvalue weighted by Crippen LogP contribution is -2.48. The summed E-state index contributed by atoms with van der Waals surface area (Å²) < 4.78 is 32.2. The third-order valence-electron chi connectivity index (χ3n) is 4.41. The summed E-state index contributed by atoms with van der Waals surface area (Å²) in [6.45, 7) is 4.73. The minimum atomic E-state index is -3.57. The summed E-state index contributed by atoms with van der Waals surface area (Å²) in [6.07, 6.45) is 2.91. The number of sulfonamides is 1. The number of nitrogens with zero attached hydrogens (tertiary/aromatic N) is 4. The van der Waals surface area contributed by atoms with Gasteiger partial charge in [-0.2, -0.15) is 9.29 Å². The topological polar surface area (TPSA) is 79.5 Å². The first kappa shape index (κ1) is 19.3. The van der Waals surface area contributed by atoms with Gasteiger partial charge in [-0.3, -0.25) is 4.90 Å². The molecule has 1 saturated heterocycles. The smallest absolute Gasteiger partial charge is 0.244 e. The Hall–Kier alpha value is -1.48. The zero-order chi connectivity index (χ0) is 18.6. The summed E-state index contributed by atoms with van der Waals surface area (Å²) in [6, 6.07) is 6.54. The molecule has 9 heteroatoms. The molecule has 142 valence electrons. The summed E-state index contributed by atoms with van der Waals surface area (Å²) in [4.78, 5) is 6.69. The Balaban J connectivity index is 1.57. The van der Waals surface area contributed by atoms with Gasteiger partial charge < -0.3 is 4.52 Å². The van der Waals surface area contributed by atoms with E-state index in [9.17, 15) is 8.42 Å². The van der Waals surface area contributed by atoms with Gasteiger partial charge in [0.05, 0.1) is 11.6 Å². The van der Waals surface area contributed by atoms with Crippen LogP contribution in [0.1, 0.15) is 31.5 Å². The molecule has 0 radical (unpaired) electrons. The molecule has 1 fully saturated rings. The Morgan fingerprint density at radius 2 is 1.92 bits per heavy atom. The van der Waals surface area contributed by atoms with Crippen LogP contribution in [0.3, 0.4) is 0 Å². The second kappa shape index (κ2) is 8.47. The van der Waals surface area contributed by atoms with Gasteiger partial charge in [-0.1, -0.05) is 42.2 Å². The van der Waals surface area contributed by atoms with Crippen molar-refractivity contribution in [2.45, 2.75) is 37.6 Å². The van der Waals surface area contributed by atoms with Gasteiger partial charge in [0.2, 0.25) is 15.9 Å². The predicted octanol–water partition coefficient (Wildman–Crippen LogP) is 2.57. The predicted molar refractivity (Wildman–Crippen MR) is 98.4 cm³/mol. The van der Waals surface area contributed by atoms with Gasteiger partial charge in [-0.15, -0.1) is 0 Å². The molecule has 1 aromatic carbocycles. The number of rotatable bonds is 7. The number of unbranched alkanes of at least 4 members (excludes halogenated alkanes) is 1. The van der Waals surface area contributed by atoms with E-state index in [2.05, 4.69) is 22.0 Å². The summed E-state index contributed by atoms with van der Waals surface area (Å²) in [5.74, 6) is 1.32. The number of aromatic nitrogens is 2. The zero-order valence-corrected chi connectivity index (χ0v) is 16.3. The van der Waals surface area contributed by atoms with E-state index >= 15 is 0 Å². The normalized spacial score (nSPS) is 16.8. The van der Waals surface area contributed by atoms with E-state index in [1.165, 1.54) is 4.31 Å². The Bertz CT molecular complexity index is 832. The minimum absolute atomic E-state index is 0.161. The first-order chi connectivity index (χ1) is 12.5. The first-order valence-corrected chi connectivity index (χ1v) is 10.6. The Labute approximate surface area is 159 Å². The molecule has 1 aliphatic heterocycles. The van der Waals surface area contributed by atoms with Crippen molar-refractivity contribution in [1.82, 2.24) is 19.3 Å². The summed E-state index contributed by atoms with van der Waals surface area (Å²) >= 11 is 6.06. The molecule has 1 aromatic heterocycles. The van der Waals surface area contributed by atoms with Crippen LogP contribution in [0.5, 0.6) is 0 Å². The van der Waals surface area contributed by atoms with Gasteiger partial charge in [-0.25, -0.2) is 8.42 Å².